The minimum Gasteiger partial charge on any atom is -0.457 e. The van der Waals surface area contributed by atoms with Crippen LogP contribution in [0.1, 0.15) is 25.0 Å². The third kappa shape index (κ3) is 4.45. The minimum atomic E-state index is -0.111. The van der Waals surface area contributed by atoms with Crippen molar-refractivity contribution in [3.63, 3.8) is 0 Å². The van der Waals surface area contributed by atoms with Crippen LogP contribution in [0.2, 0.25) is 0 Å². The molecule has 8 rings (SSSR count). The molecule has 0 N–H and O–H groups in total. The van der Waals surface area contributed by atoms with Crippen LogP contribution in [-0.2, 0) is 5.41 Å². The molecule has 0 radical (unpaired) electrons. The van der Waals surface area contributed by atoms with E-state index in [1.807, 2.05) is 36.4 Å². The predicted octanol–water partition coefficient (Wildman–Crippen LogP) is 10.7. The van der Waals surface area contributed by atoms with Crippen LogP contribution >= 0.6 is 0 Å². The van der Waals surface area contributed by atoms with Gasteiger partial charge in [0.25, 0.3) is 0 Å². The number of nitrogens with zero attached hydrogens (tertiary/aromatic N) is 2. The summed E-state index contributed by atoms with van der Waals surface area (Å²) in [5, 5.41) is 1.05. The summed E-state index contributed by atoms with van der Waals surface area (Å²) in [6, 6.07) is 50.7. The molecular formula is C41H30N2O. The molecule has 0 saturated carbocycles. The summed E-state index contributed by atoms with van der Waals surface area (Å²) in [5.74, 6) is 2.59. The number of aromatic nitrogens is 2. The monoisotopic (exact) mass is 566 g/mol. The van der Waals surface area contributed by atoms with Crippen LogP contribution in [0.15, 0.2) is 146 Å². The molecule has 6 aromatic carbocycles. The molecule has 0 unspecified atom stereocenters. The van der Waals surface area contributed by atoms with E-state index in [2.05, 4.69) is 123 Å². The predicted molar refractivity (Wildman–Crippen MR) is 180 cm³/mol. The van der Waals surface area contributed by atoms with E-state index >= 15 is 0 Å². The molecule has 44 heavy (non-hydrogen) atoms. The highest BCUT2D eigenvalue weighted by atomic mass is 16.5. The molecule has 2 heterocycles. The maximum atomic E-state index is 6.36. The SMILES string of the molecule is CC1(C)c2ccccc2Oc2cc(-c3ccc(-c4ccc(-c5nc(-c6ccccc6)c6ccccc6n5)cc4)cc3)ccc21. The summed E-state index contributed by atoms with van der Waals surface area (Å²) in [5.41, 5.74) is 10.9. The lowest BCUT2D eigenvalue weighted by Gasteiger charge is -2.34. The topological polar surface area (TPSA) is 35.0 Å². The molecule has 0 atom stereocenters. The third-order valence-electron chi connectivity index (χ3n) is 8.78. The van der Waals surface area contributed by atoms with Crippen LogP contribution in [0.5, 0.6) is 11.5 Å². The van der Waals surface area contributed by atoms with Crippen molar-refractivity contribution in [1.82, 2.24) is 9.97 Å². The molecule has 0 fully saturated rings. The van der Waals surface area contributed by atoms with Gasteiger partial charge in [0.1, 0.15) is 11.5 Å². The first kappa shape index (κ1) is 26.1. The van der Waals surface area contributed by atoms with Crippen molar-refractivity contribution in [2.45, 2.75) is 19.3 Å². The lowest BCUT2D eigenvalue weighted by atomic mass is 9.75. The number of hydrogen-bond acceptors (Lipinski definition) is 3. The Morgan fingerprint density at radius 3 is 1.77 bits per heavy atom. The normalized spacial score (nSPS) is 13.1. The quantitative estimate of drug-likeness (QED) is 0.213. The molecule has 1 aromatic heterocycles. The van der Waals surface area contributed by atoms with E-state index in [-0.39, 0.29) is 5.41 Å². The Morgan fingerprint density at radius 1 is 0.455 bits per heavy atom. The van der Waals surface area contributed by atoms with Gasteiger partial charge in [-0.2, -0.15) is 0 Å². The van der Waals surface area contributed by atoms with E-state index in [4.69, 9.17) is 14.7 Å². The second-order valence-corrected chi connectivity index (χ2v) is 11.9. The zero-order valence-electron chi connectivity index (χ0n) is 24.7. The van der Waals surface area contributed by atoms with Gasteiger partial charge in [0.05, 0.1) is 11.2 Å². The highest BCUT2D eigenvalue weighted by molar-refractivity contribution is 5.93. The van der Waals surface area contributed by atoms with E-state index < -0.39 is 0 Å². The van der Waals surface area contributed by atoms with Crippen molar-refractivity contribution in [1.29, 1.82) is 0 Å². The van der Waals surface area contributed by atoms with Crippen LogP contribution in [0.4, 0.5) is 0 Å². The van der Waals surface area contributed by atoms with E-state index in [0.717, 1.165) is 67.3 Å². The molecule has 0 bridgehead atoms. The van der Waals surface area contributed by atoms with E-state index in [1.165, 1.54) is 11.1 Å². The largest absolute Gasteiger partial charge is 0.457 e. The molecule has 7 aromatic rings. The molecule has 3 nitrogen and oxygen atoms in total. The zero-order chi connectivity index (χ0) is 29.7. The van der Waals surface area contributed by atoms with Crippen molar-refractivity contribution < 1.29 is 4.74 Å². The first-order valence-electron chi connectivity index (χ1n) is 15.0. The van der Waals surface area contributed by atoms with Crippen molar-refractivity contribution in [2.75, 3.05) is 0 Å². The van der Waals surface area contributed by atoms with Crippen molar-refractivity contribution >= 4 is 10.9 Å². The zero-order valence-corrected chi connectivity index (χ0v) is 24.7. The van der Waals surface area contributed by atoms with Crippen LogP contribution in [-0.4, -0.2) is 9.97 Å². The van der Waals surface area contributed by atoms with Gasteiger partial charge in [0.2, 0.25) is 0 Å². The van der Waals surface area contributed by atoms with Crippen LogP contribution in [0, 0.1) is 0 Å². The average Bonchev–Trinajstić information content (AvgIpc) is 3.08. The van der Waals surface area contributed by atoms with E-state index in [1.54, 1.807) is 0 Å². The molecule has 0 saturated heterocycles. The van der Waals surface area contributed by atoms with Gasteiger partial charge in [0.15, 0.2) is 5.82 Å². The fourth-order valence-corrected chi connectivity index (χ4v) is 6.33. The smallest absolute Gasteiger partial charge is 0.160 e. The van der Waals surface area contributed by atoms with Crippen LogP contribution in [0.25, 0.3) is 55.8 Å². The summed E-state index contributed by atoms with van der Waals surface area (Å²) >= 11 is 0. The van der Waals surface area contributed by atoms with Gasteiger partial charge in [0, 0.05) is 33.1 Å². The highest BCUT2D eigenvalue weighted by Crippen LogP contribution is 2.48. The number of benzene rings is 6. The van der Waals surface area contributed by atoms with E-state index in [9.17, 15) is 0 Å². The molecular weight excluding hydrogens is 536 g/mol. The first-order chi connectivity index (χ1) is 21.5. The maximum absolute atomic E-state index is 6.36. The Morgan fingerprint density at radius 2 is 1.02 bits per heavy atom. The van der Waals surface area contributed by atoms with Gasteiger partial charge >= 0.3 is 0 Å². The van der Waals surface area contributed by atoms with Crippen LogP contribution in [0.3, 0.4) is 0 Å². The number of rotatable bonds is 4. The summed E-state index contributed by atoms with van der Waals surface area (Å²) in [6.45, 7) is 4.53. The standard InChI is InChI=1S/C41H30N2O/c1-41(2)34-13-7-9-15-37(34)44-38-26-32(24-25-35(38)41)29-18-16-27(17-19-29)28-20-22-31(23-21-28)40-42-36-14-8-6-12-33(36)39(43-40)30-10-4-3-5-11-30/h3-26H,1-2H3. The Labute approximate surface area is 257 Å². The van der Waals surface area contributed by atoms with Crippen molar-refractivity contribution in [3.8, 4) is 56.4 Å². The van der Waals surface area contributed by atoms with Gasteiger partial charge in [-0.05, 0) is 40.5 Å². The Kier molecular flexibility index (Phi) is 6.13. The molecule has 0 aliphatic carbocycles. The maximum Gasteiger partial charge on any atom is 0.160 e. The lowest BCUT2D eigenvalue weighted by Crippen LogP contribution is -2.24. The number of hydrogen-bond donors (Lipinski definition) is 0. The first-order valence-corrected chi connectivity index (χ1v) is 15.0. The fraction of sp³-hybridized carbons (Fsp3) is 0.0732. The van der Waals surface area contributed by atoms with Gasteiger partial charge in [-0.1, -0.05) is 141 Å². The molecule has 1 aliphatic heterocycles. The number of fused-ring (bicyclic) bond motifs is 3. The Balaban J connectivity index is 1.08. The Hall–Kier alpha value is -5.54. The average molecular weight is 567 g/mol. The lowest BCUT2D eigenvalue weighted by molar-refractivity contribution is 0.418. The van der Waals surface area contributed by atoms with Crippen LogP contribution < -0.4 is 4.74 Å². The summed E-state index contributed by atoms with van der Waals surface area (Å²) < 4.78 is 6.36. The minimum absolute atomic E-state index is 0.111. The Bertz CT molecular complexity index is 2150. The third-order valence-corrected chi connectivity index (χ3v) is 8.78. The fourth-order valence-electron chi connectivity index (χ4n) is 6.33. The molecule has 0 spiro atoms. The van der Waals surface area contributed by atoms with Gasteiger partial charge < -0.3 is 4.74 Å². The summed E-state index contributed by atoms with van der Waals surface area (Å²) in [7, 11) is 0. The molecule has 0 amide bonds. The number of para-hydroxylation sites is 2. The van der Waals surface area contributed by atoms with Gasteiger partial charge in [-0.3, -0.25) is 0 Å². The molecule has 210 valence electrons. The second-order valence-electron chi connectivity index (χ2n) is 11.9. The molecule has 1 aliphatic rings. The number of ether oxygens (including phenoxy) is 1. The van der Waals surface area contributed by atoms with Gasteiger partial charge in [-0.15, -0.1) is 0 Å². The second kappa shape index (κ2) is 10.3. The highest BCUT2D eigenvalue weighted by Gasteiger charge is 2.34. The van der Waals surface area contributed by atoms with E-state index in [0.29, 0.717) is 0 Å². The van der Waals surface area contributed by atoms with Crippen molar-refractivity contribution in [2.24, 2.45) is 0 Å². The molecule has 3 heteroatoms. The van der Waals surface area contributed by atoms with Gasteiger partial charge in [-0.25, -0.2) is 9.97 Å². The van der Waals surface area contributed by atoms with Crippen molar-refractivity contribution in [3.05, 3.63) is 157 Å². The summed E-state index contributed by atoms with van der Waals surface area (Å²) in [4.78, 5) is 9.93. The summed E-state index contributed by atoms with van der Waals surface area (Å²) in [6.07, 6.45) is 0.